The van der Waals surface area contributed by atoms with E-state index in [-0.39, 0.29) is 18.0 Å². The summed E-state index contributed by atoms with van der Waals surface area (Å²) in [6, 6.07) is 7.97. The lowest BCUT2D eigenvalue weighted by atomic mass is 10.0. The molecule has 0 spiro atoms. The number of fused-ring (bicyclic) bond motifs is 1. The van der Waals surface area contributed by atoms with E-state index in [1.807, 2.05) is 36.1 Å². The van der Waals surface area contributed by atoms with Crippen molar-refractivity contribution in [3.63, 3.8) is 0 Å². The molecule has 0 aliphatic heterocycles. The van der Waals surface area contributed by atoms with Gasteiger partial charge >= 0.3 is 0 Å². The Morgan fingerprint density at radius 2 is 2.04 bits per heavy atom. The van der Waals surface area contributed by atoms with Crippen LogP contribution in [0.1, 0.15) is 57.3 Å². The van der Waals surface area contributed by atoms with Crippen LogP contribution in [-0.4, -0.2) is 24.0 Å². The Labute approximate surface area is 149 Å². The smallest absolute Gasteiger partial charge is 0.246 e. The first-order chi connectivity index (χ1) is 12.2. The quantitative estimate of drug-likeness (QED) is 0.552. The van der Waals surface area contributed by atoms with Gasteiger partial charge in [-0.2, -0.15) is 0 Å². The number of carbonyl (C=O) groups excluding carboxylic acids is 1. The summed E-state index contributed by atoms with van der Waals surface area (Å²) in [7, 11) is 1.64. The second-order valence-corrected chi connectivity index (χ2v) is 6.80. The maximum atomic E-state index is 12.6. The van der Waals surface area contributed by atoms with Crippen molar-refractivity contribution in [1.82, 2.24) is 4.90 Å². The first-order valence-electron chi connectivity index (χ1n) is 9.17. The minimum Gasteiger partial charge on any atom is -0.493 e. The Hall–Kier alpha value is -2.23. The van der Waals surface area contributed by atoms with Gasteiger partial charge in [0.2, 0.25) is 5.91 Å². The Balaban J connectivity index is 1.95. The molecule has 1 amide bonds. The first kappa shape index (κ1) is 17.6. The molecule has 0 bridgehead atoms. The van der Waals surface area contributed by atoms with Crippen molar-refractivity contribution in [1.29, 1.82) is 0 Å². The summed E-state index contributed by atoms with van der Waals surface area (Å²) in [5, 5.41) is 0.994. The third kappa shape index (κ3) is 3.58. The highest BCUT2D eigenvalue weighted by atomic mass is 16.5. The standard InChI is InChI=1S/C21H27NO3/c1-4-20(23)22(17-11-7-5-6-8-12-17)15(2)19-14-16-10-9-13-18(24-3)21(16)25-19/h4,9-10,13-15,17H,1,5-8,11-12H2,2-3H3. The second-order valence-electron chi connectivity index (χ2n) is 6.80. The molecule has 1 saturated carbocycles. The third-order valence-corrected chi connectivity index (χ3v) is 5.22. The highest BCUT2D eigenvalue weighted by Gasteiger charge is 2.30. The van der Waals surface area contributed by atoms with Crippen LogP contribution in [-0.2, 0) is 4.79 Å². The topological polar surface area (TPSA) is 42.7 Å². The number of ether oxygens (including phenoxy) is 1. The van der Waals surface area contributed by atoms with E-state index in [0.29, 0.717) is 5.75 Å². The zero-order valence-corrected chi connectivity index (χ0v) is 15.2. The average molecular weight is 341 g/mol. The molecule has 4 heteroatoms. The fourth-order valence-electron chi connectivity index (χ4n) is 3.89. The summed E-state index contributed by atoms with van der Waals surface area (Å²) >= 11 is 0. The van der Waals surface area contributed by atoms with Crippen LogP contribution in [0.4, 0.5) is 0 Å². The molecule has 0 radical (unpaired) electrons. The Bertz CT molecular complexity index is 741. The molecule has 2 aromatic rings. The number of hydrogen-bond acceptors (Lipinski definition) is 3. The van der Waals surface area contributed by atoms with Crippen molar-refractivity contribution >= 4 is 16.9 Å². The van der Waals surface area contributed by atoms with Crippen LogP contribution in [0.3, 0.4) is 0 Å². The predicted octanol–water partition coefficient (Wildman–Crippen LogP) is 5.24. The number of para-hydroxylation sites is 1. The number of benzene rings is 1. The van der Waals surface area contributed by atoms with Crippen molar-refractivity contribution in [2.45, 2.75) is 57.5 Å². The highest BCUT2D eigenvalue weighted by molar-refractivity contribution is 5.88. The van der Waals surface area contributed by atoms with Gasteiger partial charge < -0.3 is 14.1 Å². The molecular formula is C21H27NO3. The molecule has 1 aromatic carbocycles. The van der Waals surface area contributed by atoms with E-state index in [1.165, 1.54) is 31.8 Å². The fourth-order valence-corrected chi connectivity index (χ4v) is 3.89. The predicted molar refractivity (Wildman–Crippen MR) is 99.7 cm³/mol. The van der Waals surface area contributed by atoms with E-state index in [4.69, 9.17) is 9.15 Å². The summed E-state index contributed by atoms with van der Waals surface area (Å²) in [6.07, 6.45) is 8.37. The summed E-state index contributed by atoms with van der Waals surface area (Å²) in [4.78, 5) is 14.6. The van der Waals surface area contributed by atoms with Crippen LogP contribution in [0.5, 0.6) is 5.75 Å². The summed E-state index contributed by atoms with van der Waals surface area (Å²) in [5.41, 5.74) is 0.735. The van der Waals surface area contributed by atoms with Gasteiger partial charge in [0, 0.05) is 11.4 Å². The number of amides is 1. The van der Waals surface area contributed by atoms with E-state index in [2.05, 4.69) is 6.58 Å². The molecule has 134 valence electrons. The van der Waals surface area contributed by atoms with Crippen molar-refractivity contribution in [2.24, 2.45) is 0 Å². The van der Waals surface area contributed by atoms with E-state index in [9.17, 15) is 4.79 Å². The average Bonchev–Trinajstić information content (AvgIpc) is 2.90. The molecule has 1 fully saturated rings. The van der Waals surface area contributed by atoms with Crippen LogP contribution >= 0.6 is 0 Å². The SMILES string of the molecule is C=CC(=O)N(C1CCCCCC1)C(C)c1cc2cccc(OC)c2o1. The van der Waals surface area contributed by atoms with Crippen LogP contribution < -0.4 is 4.74 Å². The normalized spacial score (nSPS) is 17.0. The number of nitrogens with zero attached hydrogens (tertiary/aromatic N) is 1. The van der Waals surface area contributed by atoms with Crippen LogP contribution in [0.25, 0.3) is 11.0 Å². The van der Waals surface area contributed by atoms with Crippen LogP contribution in [0, 0.1) is 0 Å². The number of rotatable bonds is 5. The lowest BCUT2D eigenvalue weighted by Crippen LogP contribution is -2.40. The Kier molecular flexibility index (Phi) is 5.47. The van der Waals surface area contributed by atoms with Crippen molar-refractivity contribution in [3.05, 3.63) is 42.7 Å². The fraction of sp³-hybridized carbons (Fsp3) is 0.476. The molecule has 1 aliphatic rings. The number of methoxy groups -OCH3 is 1. The van der Waals surface area contributed by atoms with E-state index in [0.717, 1.165) is 29.6 Å². The summed E-state index contributed by atoms with van der Waals surface area (Å²) in [5.74, 6) is 1.48. The number of hydrogen-bond donors (Lipinski definition) is 0. The van der Waals surface area contributed by atoms with E-state index in [1.54, 1.807) is 7.11 Å². The highest BCUT2D eigenvalue weighted by Crippen LogP contribution is 2.35. The van der Waals surface area contributed by atoms with Gasteiger partial charge in [0.25, 0.3) is 0 Å². The molecule has 0 N–H and O–H groups in total. The van der Waals surface area contributed by atoms with Gasteiger partial charge in [0.1, 0.15) is 5.76 Å². The van der Waals surface area contributed by atoms with Gasteiger partial charge in [-0.25, -0.2) is 0 Å². The largest absolute Gasteiger partial charge is 0.493 e. The molecule has 3 rings (SSSR count). The van der Waals surface area contributed by atoms with Gasteiger partial charge in [-0.3, -0.25) is 4.79 Å². The lowest BCUT2D eigenvalue weighted by Gasteiger charge is -2.34. The van der Waals surface area contributed by atoms with E-state index < -0.39 is 0 Å². The molecule has 4 nitrogen and oxygen atoms in total. The van der Waals surface area contributed by atoms with Gasteiger partial charge in [0.15, 0.2) is 11.3 Å². The zero-order valence-electron chi connectivity index (χ0n) is 15.2. The maximum absolute atomic E-state index is 12.6. The van der Waals surface area contributed by atoms with Gasteiger partial charge in [-0.05, 0) is 38.0 Å². The van der Waals surface area contributed by atoms with Crippen LogP contribution in [0.15, 0.2) is 41.3 Å². The molecule has 0 saturated heterocycles. The van der Waals surface area contributed by atoms with Gasteiger partial charge in [-0.1, -0.05) is 44.4 Å². The minimum absolute atomic E-state index is 0.0215. The van der Waals surface area contributed by atoms with Crippen molar-refractivity contribution in [2.75, 3.05) is 7.11 Å². The molecule has 1 unspecified atom stereocenters. The Morgan fingerprint density at radius 1 is 1.32 bits per heavy atom. The van der Waals surface area contributed by atoms with E-state index >= 15 is 0 Å². The summed E-state index contributed by atoms with van der Waals surface area (Å²) in [6.45, 7) is 5.74. The molecule has 1 aromatic heterocycles. The zero-order chi connectivity index (χ0) is 17.8. The summed E-state index contributed by atoms with van der Waals surface area (Å²) < 4.78 is 11.5. The van der Waals surface area contributed by atoms with Gasteiger partial charge in [-0.15, -0.1) is 0 Å². The molecule has 1 aliphatic carbocycles. The maximum Gasteiger partial charge on any atom is 0.246 e. The number of carbonyl (C=O) groups is 1. The minimum atomic E-state index is -0.134. The second kappa shape index (κ2) is 7.77. The molecule has 1 atom stereocenters. The third-order valence-electron chi connectivity index (χ3n) is 5.22. The van der Waals surface area contributed by atoms with Crippen molar-refractivity contribution in [3.8, 4) is 5.75 Å². The lowest BCUT2D eigenvalue weighted by molar-refractivity contribution is -0.131. The molecule has 1 heterocycles. The van der Waals surface area contributed by atoms with Crippen LogP contribution in [0.2, 0.25) is 0 Å². The monoisotopic (exact) mass is 341 g/mol. The molecular weight excluding hydrogens is 314 g/mol. The van der Waals surface area contributed by atoms with Gasteiger partial charge in [0.05, 0.1) is 13.2 Å². The Morgan fingerprint density at radius 3 is 2.68 bits per heavy atom. The number of furan rings is 1. The molecule has 25 heavy (non-hydrogen) atoms. The first-order valence-corrected chi connectivity index (χ1v) is 9.17. The van der Waals surface area contributed by atoms with Crippen molar-refractivity contribution < 1.29 is 13.9 Å².